The second kappa shape index (κ2) is 12.3. The number of benzene rings is 2. The van der Waals surface area contributed by atoms with Gasteiger partial charge in [-0.1, -0.05) is 6.07 Å². The molecule has 2 N–H and O–H groups in total. The van der Waals surface area contributed by atoms with Crippen molar-refractivity contribution >= 4 is 28.3 Å². The molecule has 0 radical (unpaired) electrons. The second-order valence-corrected chi connectivity index (χ2v) is 11.3. The molecule has 1 fully saturated rings. The molecule has 218 valence electrons. The minimum absolute atomic E-state index is 0.0694. The number of fused-ring (bicyclic) bond motifs is 1. The number of hydrogen-bond acceptors (Lipinski definition) is 9. The normalized spacial score (nSPS) is 14.9. The third-order valence-corrected chi connectivity index (χ3v) is 8.38. The predicted molar refractivity (Wildman–Crippen MR) is 156 cm³/mol. The van der Waals surface area contributed by atoms with Crippen molar-refractivity contribution in [2.45, 2.75) is 38.1 Å². The molecule has 1 aliphatic rings. The topological polar surface area (TPSA) is 137 Å². The molecule has 4 heterocycles. The maximum Gasteiger partial charge on any atom is 0.335 e. The van der Waals surface area contributed by atoms with Crippen molar-refractivity contribution in [3.8, 4) is 11.9 Å². The average molecular weight is 599 g/mol. The number of thiazole rings is 1. The Hall–Kier alpha value is -4.70. The number of carboxylic acid groups (broad SMARTS) is 1. The molecule has 12 heteroatoms. The summed E-state index contributed by atoms with van der Waals surface area (Å²) >= 11 is 1.55. The van der Waals surface area contributed by atoms with E-state index >= 15 is 0 Å². The van der Waals surface area contributed by atoms with E-state index in [1.165, 1.54) is 12.1 Å². The monoisotopic (exact) mass is 598 g/mol. The zero-order valence-corrected chi connectivity index (χ0v) is 23.7. The standard InChI is InChI=1S/C31H27FN6O4S/c32-24-12-19(14-33)4-6-23(24)31(41)42-29-3-1-2-25(36-29)20-8-10-37(11-9-20)17-28-35-26-7-5-21(30(39)40)13-27(26)38(28)16-22-15-34-18-43-22/h1-7,12-13,15,18,20,31,41H,8-11,16-17H2,(H,39,40). The van der Waals surface area contributed by atoms with Crippen LogP contribution >= 0.6 is 11.3 Å². The first-order chi connectivity index (χ1) is 20.9. The fourth-order valence-corrected chi connectivity index (χ4v) is 5.95. The number of piperidine rings is 1. The van der Waals surface area contributed by atoms with Gasteiger partial charge in [0.15, 0.2) is 0 Å². The van der Waals surface area contributed by atoms with Crippen molar-refractivity contribution in [3.63, 3.8) is 0 Å². The number of aromatic nitrogens is 4. The molecule has 3 aromatic heterocycles. The zero-order chi connectivity index (χ0) is 29.9. The number of ether oxygens (including phenoxy) is 1. The number of nitriles is 1. The van der Waals surface area contributed by atoms with E-state index in [4.69, 9.17) is 15.0 Å². The van der Waals surface area contributed by atoms with E-state index in [9.17, 15) is 19.4 Å². The summed E-state index contributed by atoms with van der Waals surface area (Å²) in [4.78, 5) is 28.6. The molecule has 0 bridgehead atoms. The first kappa shape index (κ1) is 28.4. The van der Waals surface area contributed by atoms with Gasteiger partial charge in [-0.3, -0.25) is 9.88 Å². The van der Waals surface area contributed by atoms with E-state index in [2.05, 4.69) is 19.4 Å². The number of aromatic carboxylic acids is 1. The molecule has 1 saturated heterocycles. The van der Waals surface area contributed by atoms with Crippen LogP contribution in [0.5, 0.6) is 5.88 Å². The van der Waals surface area contributed by atoms with E-state index in [0.717, 1.165) is 59.4 Å². The molecule has 10 nitrogen and oxygen atoms in total. The van der Waals surface area contributed by atoms with E-state index in [-0.39, 0.29) is 28.5 Å². The van der Waals surface area contributed by atoms with Crippen LogP contribution in [0, 0.1) is 17.1 Å². The van der Waals surface area contributed by atoms with Crippen LogP contribution in [0.2, 0.25) is 0 Å². The maximum absolute atomic E-state index is 14.3. The fourth-order valence-electron chi connectivity index (χ4n) is 5.36. The van der Waals surface area contributed by atoms with Crippen LogP contribution in [-0.2, 0) is 13.1 Å². The van der Waals surface area contributed by atoms with Gasteiger partial charge < -0.3 is 19.5 Å². The number of hydrogen-bond donors (Lipinski definition) is 2. The molecule has 1 atom stereocenters. The number of rotatable bonds is 9. The number of nitrogens with zero attached hydrogens (tertiary/aromatic N) is 6. The molecular formula is C31H27FN6O4S. The third-order valence-electron chi connectivity index (χ3n) is 7.62. The van der Waals surface area contributed by atoms with Crippen molar-refractivity contribution in [2.24, 2.45) is 0 Å². The summed E-state index contributed by atoms with van der Waals surface area (Å²) in [5, 5.41) is 28.9. The number of aliphatic hydroxyl groups excluding tert-OH is 1. The van der Waals surface area contributed by atoms with Gasteiger partial charge in [-0.05, 0) is 68.4 Å². The van der Waals surface area contributed by atoms with E-state index in [0.29, 0.717) is 13.1 Å². The summed E-state index contributed by atoms with van der Waals surface area (Å²) in [7, 11) is 0. The average Bonchev–Trinajstić information content (AvgIpc) is 3.65. The van der Waals surface area contributed by atoms with Crippen LogP contribution in [-0.4, -0.2) is 53.7 Å². The van der Waals surface area contributed by atoms with Crippen LogP contribution in [0.3, 0.4) is 0 Å². The van der Waals surface area contributed by atoms with Gasteiger partial charge in [-0.15, -0.1) is 11.3 Å². The summed E-state index contributed by atoms with van der Waals surface area (Å²) in [6.07, 6.45) is 1.95. The summed E-state index contributed by atoms with van der Waals surface area (Å²) in [6.45, 7) is 2.79. The van der Waals surface area contributed by atoms with Crippen molar-refractivity contribution in [1.29, 1.82) is 5.26 Å². The van der Waals surface area contributed by atoms with Gasteiger partial charge in [-0.25, -0.2) is 19.2 Å². The predicted octanol–water partition coefficient (Wildman–Crippen LogP) is 5.09. The van der Waals surface area contributed by atoms with Crippen LogP contribution in [0.1, 0.15) is 62.9 Å². The highest BCUT2D eigenvalue weighted by atomic mass is 32.1. The molecule has 5 aromatic rings. The lowest BCUT2D eigenvalue weighted by molar-refractivity contribution is -0.0254. The lowest BCUT2D eigenvalue weighted by Crippen LogP contribution is -2.33. The number of imidazole rings is 1. The SMILES string of the molecule is N#Cc1ccc(C(O)Oc2cccc(C3CCN(Cc4nc5ccc(C(=O)O)cc5n4Cc4cncs4)CC3)n2)c(F)c1. The third kappa shape index (κ3) is 6.24. The van der Waals surface area contributed by atoms with E-state index < -0.39 is 18.1 Å². The zero-order valence-electron chi connectivity index (χ0n) is 22.9. The Balaban J connectivity index is 1.13. The van der Waals surface area contributed by atoms with Crippen molar-refractivity contribution in [3.05, 3.63) is 105 Å². The lowest BCUT2D eigenvalue weighted by atomic mass is 9.93. The van der Waals surface area contributed by atoms with Gasteiger partial charge in [0.1, 0.15) is 11.6 Å². The number of aliphatic hydroxyl groups is 1. The number of pyridine rings is 1. The fraction of sp³-hybridized carbons (Fsp3) is 0.258. The molecule has 0 aliphatic carbocycles. The van der Waals surface area contributed by atoms with Crippen LogP contribution in [0.15, 0.2) is 66.3 Å². The molecular weight excluding hydrogens is 571 g/mol. The summed E-state index contributed by atoms with van der Waals surface area (Å²) in [6, 6.07) is 16.0. The van der Waals surface area contributed by atoms with Crippen molar-refractivity contribution < 1.29 is 24.1 Å². The molecule has 2 aromatic carbocycles. The Bertz CT molecular complexity index is 1810. The molecule has 1 aliphatic heterocycles. The number of halogens is 1. The van der Waals surface area contributed by atoms with Gasteiger partial charge >= 0.3 is 5.97 Å². The second-order valence-electron chi connectivity index (χ2n) is 10.4. The summed E-state index contributed by atoms with van der Waals surface area (Å²) in [5.41, 5.74) is 4.46. The number of carboxylic acids is 1. The first-order valence-electron chi connectivity index (χ1n) is 13.7. The Labute approximate surface area is 250 Å². The Kier molecular flexibility index (Phi) is 8.11. The Morgan fingerprint density at radius 2 is 1.98 bits per heavy atom. The van der Waals surface area contributed by atoms with E-state index in [1.54, 1.807) is 47.2 Å². The molecule has 0 spiro atoms. The quantitative estimate of drug-likeness (QED) is 0.222. The summed E-state index contributed by atoms with van der Waals surface area (Å²) < 4.78 is 22.0. The first-order valence-corrected chi connectivity index (χ1v) is 14.6. The van der Waals surface area contributed by atoms with Crippen molar-refractivity contribution in [1.82, 2.24) is 24.4 Å². The molecule has 0 amide bonds. The largest absolute Gasteiger partial charge is 0.478 e. The van der Waals surface area contributed by atoms with Gasteiger partial charge in [0.25, 0.3) is 0 Å². The number of likely N-dealkylation sites (tertiary alicyclic amines) is 1. The van der Waals surface area contributed by atoms with Gasteiger partial charge in [0.05, 0.1) is 52.4 Å². The summed E-state index contributed by atoms with van der Waals surface area (Å²) in [5.74, 6) is -0.471. The van der Waals surface area contributed by atoms with Crippen LogP contribution in [0.4, 0.5) is 4.39 Å². The number of carbonyl (C=O) groups is 1. The van der Waals surface area contributed by atoms with E-state index in [1.807, 2.05) is 18.3 Å². The molecule has 1 unspecified atom stereocenters. The van der Waals surface area contributed by atoms with Gasteiger partial charge in [0, 0.05) is 28.8 Å². The minimum Gasteiger partial charge on any atom is -0.478 e. The van der Waals surface area contributed by atoms with Gasteiger partial charge in [-0.2, -0.15) is 5.26 Å². The highest BCUT2D eigenvalue weighted by Crippen LogP contribution is 2.30. The molecule has 0 saturated carbocycles. The maximum atomic E-state index is 14.3. The van der Waals surface area contributed by atoms with Gasteiger partial charge in [0.2, 0.25) is 12.2 Å². The Morgan fingerprint density at radius 3 is 2.70 bits per heavy atom. The Morgan fingerprint density at radius 1 is 1.14 bits per heavy atom. The van der Waals surface area contributed by atoms with Crippen LogP contribution in [0.25, 0.3) is 11.0 Å². The minimum atomic E-state index is -1.56. The molecule has 6 rings (SSSR count). The lowest BCUT2D eigenvalue weighted by Gasteiger charge is -2.31. The molecule has 43 heavy (non-hydrogen) atoms. The van der Waals surface area contributed by atoms with Crippen LogP contribution < -0.4 is 4.74 Å². The smallest absolute Gasteiger partial charge is 0.335 e. The van der Waals surface area contributed by atoms with Crippen molar-refractivity contribution in [2.75, 3.05) is 13.1 Å². The highest BCUT2D eigenvalue weighted by Gasteiger charge is 2.25. The highest BCUT2D eigenvalue weighted by molar-refractivity contribution is 7.09.